The van der Waals surface area contributed by atoms with Crippen LogP contribution in [0.2, 0.25) is 0 Å². The van der Waals surface area contributed by atoms with Crippen molar-refractivity contribution in [3.63, 3.8) is 0 Å². The summed E-state index contributed by atoms with van der Waals surface area (Å²) in [5, 5.41) is 0. The Bertz CT molecular complexity index is 530. The molecule has 0 fully saturated rings. The third-order valence-electron chi connectivity index (χ3n) is 3.60. The minimum atomic E-state index is 0.266. The molecule has 0 amide bonds. The highest BCUT2D eigenvalue weighted by molar-refractivity contribution is 5.28. The van der Waals surface area contributed by atoms with Gasteiger partial charge in [0, 0.05) is 5.92 Å². The zero-order chi connectivity index (χ0) is 12.9. The first-order chi connectivity index (χ1) is 9.43. The monoisotopic (exact) mass is 250 g/mol. The summed E-state index contributed by atoms with van der Waals surface area (Å²) in [5.74, 6) is 0.393. The first kappa shape index (κ1) is 12.2. The maximum absolute atomic E-state index is 6.09. The normalized spacial score (nSPS) is 21.7. The van der Waals surface area contributed by atoms with Gasteiger partial charge in [0.2, 0.25) is 0 Å². The second kappa shape index (κ2) is 5.85. The van der Waals surface area contributed by atoms with E-state index in [0.29, 0.717) is 12.5 Å². The number of rotatable bonds is 4. The van der Waals surface area contributed by atoms with Gasteiger partial charge in [0.05, 0.1) is 12.7 Å². The third-order valence-corrected chi connectivity index (χ3v) is 3.60. The zero-order valence-corrected chi connectivity index (χ0v) is 10.9. The van der Waals surface area contributed by atoms with Gasteiger partial charge in [-0.15, -0.1) is 0 Å². The van der Waals surface area contributed by atoms with Crippen LogP contribution in [-0.4, -0.2) is 6.10 Å². The van der Waals surface area contributed by atoms with Gasteiger partial charge < -0.3 is 4.74 Å². The van der Waals surface area contributed by atoms with Crippen LogP contribution < -0.4 is 0 Å². The van der Waals surface area contributed by atoms with Crippen LogP contribution in [0.15, 0.2) is 72.8 Å². The van der Waals surface area contributed by atoms with E-state index in [-0.39, 0.29) is 6.10 Å². The van der Waals surface area contributed by atoms with Crippen molar-refractivity contribution in [1.82, 2.24) is 0 Å². The Morgan fingerprint density at radius 2 is 1.58 bits per heavy atom. The topological polar surface area (TPSA) is 9.23 Å². The molecular weight excluding hydrogens is 232 g/mol. The molecule has 0 N–H and O–H groups in total. The van der Waals surface area contributed by atoms with Crippen LogP contribution in [0.3, 0.4) is 0 Å². The molecule has 0 heterocycles. The molecule has 0 aromatic heterocycles. The number of benzene rings is 2. The zero-order valence-electron chi connectivity index (χ0n) is 10.9. The van der Waals surface area contributed by atoms with Crippen LogP contribution in [0.1, 0.15) is 23.5 Å². The van der Waals surface area contributed by atoms with Crippen molar-refractivity contribution >= 4 is 0 Å². The molecule has 96 valence electrons. The molecule has 0 spiro atoms. The fourth-order valence-corrected chi connectivity index (χ4v) is 2.58. The maximum atomic E-state index is 6.09. The van der Waals surface area contributed by atoms with E-state index in [1.807, 2.05) is 6.07 Å². The number of ether oxygens (including phenoxy) is 1. The molecule has 1 heteroatoms. The largest absolute Gasteiger partial charge is 0.372 e. The van der Waals surface area contributed by atoms with E-state index in [4.69, 9.17) is 4.74 Å². The van der Waals surface area contributed by atoms with Gasteiger partial charge in [-0.25, -0.2) is 0 Å². The molecule has 0 radical (unpaired) electrons. The highest BCUT2D eigenvalue weighted by atomic mass is 16.5. The van der Waals surface area contributed by atoms with E-state index in [1.165, 1.54) is 11.1 Å². The predicted octanol–water partition coefficient (Wildman–Crippen LogP) is 4.32. The molecule has 0 bridgehead atoms. The number of hydrogen-bond acceptors (Lipinski definition) is 1. The first-order valence-corrected chi connectivity index (χ1v) is 6.80. The standard InChI is InChI=1S/C18H18O/c1-3-8-15(9-4-1)14-19-18-13-7-12-17(18)16-10-5-2-6-11-16/h1-12,17-18H,13-14H2/t17-,18+/m1/s1. The molecule has 1 aliphatic rings. The van der Waals surface area contributed by atoms with Crippen LogP contribution >= 0.6 is 0 Å². The first-order valence-electron chi connectivity index (χ1n) is 6.80. The van der Waals surface area contributed by atoms with Gasteiger partial charge in [-0.3, -0.25) is 0 Å². The smallest absolute Gasteiger partial charge is 0.0721 e. The van der Waals surface area contributed by atoms with Crippen molar-refractivity contribution in [2.24, 2.45) is 0 Å². The summed E-state index contributed by atoms with van der Waals surface area (Å²) < 4.78 is 6.09. The minimum absolute atomic E-state index is 0.266. The Morgan fingerprint density at radius 1 is 0.895 bits per heavy atom. The Kier molecular flexibility index (Phi) is 3.75. The molecule has 0 aliphatic heterocycles. The molecule has 0 unspecified atom stereocenters. The lowest BCUT2D eigenvalue weighted by Crippen LogP contribution is -2.17. The van der Waals surface area contributed by atoms with Crippen LogP contribution in [0.4, 0.5) is 0 Å². The summed E-state index contributed by atoms with van der Waals surface area (Å²) in [6.07, 6.45) is 5.77. The Morgan fingerprint density at radius 3 is 2.32 bits per heavy atom. The Balaban J connectivity index is 1.65. The fraction of sp³-hybridized carbons (Fsp3) is 0.222. The quantitative estimate of drug-likeness (QED) is 0.734. The highest BCUT2D eigenvalue weighted by Gasteiger charge is 2.24. The molecule has 3 rings (SSSR count). The summed E-state index contributed by atoms with van der Waals surface area (Å²) in [6, 6.07) is 21.0. The lowest BCUT2D eigenvalue weighted by atomic mass is 9.96. The van der Waals surface area contributed by atoms with Crippen molar-refractivity contribution in [2.45, 2.75) is 25.0 Å². The van der Waals surface area contributed by atoms with Gasteiger partial charge in [-0.05, 0) is 17.5 Å². The predicted molar refractivity (Wildman–Crippen MR) is 78.0 cm³/mol. The summed E-state index contributed by atoms with van der Waals surface area (Å²) in [7, 11) is 0. The summed E-state index contributed by atoms with van der Waals surface area (Å²) in [4.78, 5) is 0. The maximum Gasteiger partial charge on any atom is 0.0721 e. The molecule has 0 saturated carbocycles. The van der Waals surface area contributed by atoms with Gasteiger partial charge in [0.1, 0.15) is 0 Å². The van der Waals surface area contributed by atoms with Gasteiger partial charge in [-0.2, -0.15) is 0 Å². The van der Waals surface area contributed by atoms with Crippen LogP contribution in [-0.2, 0) is 11.3 Å². The SMILES string of the molecule is C1=C[C@H](c2ccccc2)[C@@H](OCc2ccccc2)C1. The van der Waals surface area contributed by atoms with Gasteiger partial charge >= 0.3 is 0 Å². The minimum Gasteiger partial charge on any atom is -0.372 e. The lowest BCUT2D eigenvalue weighted by Gasteiger charge is -2.20. The summed E-state index contributed by atoms with van der Waals surface area (Å²) >= 11 is 0. The molecule has 0 saturated heterocycles. The van der Waals surface area contributed by atoms with Gasteiger partial charge in [-0.1, -0.05) is 72.8 Å². The van der Waals surface area contributed by atoms with Crippen LogP contribution in [0.25, 0.3) is 0 Å². The van der Waals surface area contributed by atoms with E-state index in [9.17, 15) is 0 Å². The molecule has 2 aromatic carbocycles. The number of hydrogen-bond donors (Lipinski definition) is 0. The third kappa shape index (κ3) is 2.94. The molecule has 1 nitrogen and oxygen atoms in total. The Hall–Kier alpha value is -1.86. The van der Waals surface area contributed by atoms with E-state index in [2.05, 4.69) is 66.7 Å². The van der Waals surface area contributed by atoms with Crippen LogP contribution in [0, 0.1) is 0 Å². The van der Waals surface area contributed by atoms with Crippen molar-refractivity contribution in [1.29, 1.82) is 0 Å². The van der Waals surface area contributed by atoms with Crippen molar-refractivity contribution in [2.75, 3.05) is 0 Å². The summed E-state index contributed by atoms with van der Waals surface area (Å²) in [5.41, 5.74) is 2.58. The van der Waals surface area contributed by atoms with Crippen molar-refractivity contribution in [3.8, 4) is 0 Å². The van der Waals surface area contributed by atoms with Gasteiger partial charge in [0.25, 0.3) is 0 Å². The highest BCUT2D eigenvalue weighted by Crippen LogP contribution is 2.31. The molecule has 2 aromatic rings. The van der Waals surface area contributed by atoms with E-state index in [0.717, 1.165) is 6.42 Å². The average molecular weight is 250 g/mol. The van der Waals surface area contributed by atoms with Crippen LogP contribution in [0.5, 0.6) is 0 Å². The van der Waals surface area contributed by atoms with Crippen molar-refractivity contribution < 1.29 is 4.74 Å². The fourth-order valence-electron chi connectivity index (χ4n) is 2.58. The van der Waals surface area contributed by atoms with Crippen molar-refractivity contribution in [3.05, 3.63) is 83.9 Å². The Labute approximate surface area is 114 Å². The van der Waals surface area contributed by atoms with Gasteiger partial charge in [0.15, 0.2) is 0 Å². The summed E-state index contributed by atoms with van der Waals surface area (Å²) in [6.45, 7) is 0.691. The second-order valence-electron chi connectivity index (χ2n) is 4.94. The molecule has 1 aliphatic carbocycles. The lowest BCUT2D eigenvalue weighted by molar-refractivity contribution is 0.0388. The van der Waals surface area contributed by atoms with E-state index >= 15 is 0 Å². The van der Waals surface area contributed by atoms with E-state index in [1.54, 1.807) is 0 Å². The van der Waals surface area contributed by atoms with E-state index < -0.39 is 0 Å². The molecular formula is C18H18O. The molecule has 19 heavy (non-hydrogen) atoms. The second-order valence-corrected chi connectivity index (χ2v) is 4.94. The molecule has 2 atom stereocenters. The average Bonchev–Trinajstić information content (AvgIpc) is 2.95.